The molecule has 3 rings (SSSR count). The Balaban J connectivity index is 1.83. The quantitative estimate of drug-likeness (QED) is 0.601. The van der Waals surface area contributed by atoms with Crippen LogP contribution in [0.1, 0.15) is 16.1 Å². The minimum Gasteiger partial charge on any atom is -0.363 e. The molecule has 9 heteroatoms. The zero-order chi connectivity index (χ0) is 18.5. The molecule has 3 N–H and O–H groups in total. The van der Waals surface area contributed by atoms with Crippen molar-refractivity contribution < 1.29 is 18.9 Å². The van der Waals surface area contributed by atoms with Crippen molar-refractivity contribution in [2.45, 2.75) is 12.5 Å². The lowest BCUT2D eigenvalue weighted by Crippen LogP contribution is -2.47. The highest BCUT2D eigenvalue weighted by atomic mass is 32.1. The van der Waals surface area contributed by atoms with Crippen LogP contribution in [-0.4, -0.2) is 33.8 Å². The van der Waals surface area contributed by atoms with Crippen LogP contribution in [0.2, 0.25) is 0 Å². The standard InChI is InChI=1S/C17H14N4O4S/c18-16(23)14(22)13(7-10-4-6-26-9-10)21-17(24)15-11(8-20-25-15)12-3-1-2-5-19-12/h1-6,8-9,13H,7H2,(H2,18,23)(H,21,24). The molecule has 132 valence electrons. The van der Waals surface area contributed by atoms with E-state index in [1.165, 1.54) is 17.5 Å². The van der Waals surface area contributed by atoms with Gasteiger partial charge in [0.05, 0.1) is 17.5 Å². The van der Waals surface area contributed by atoms with Crippen LogP contribution in [0.25, 0.3) is 11.3 Å². The molecule has 0 radical (unpaired) electrons. The van der Waals surface area contributed by atoms with Crippen molar-refractivity contribution in [3.05, 3.63) is 58.7 Å². The average molecular weight is 370 g/mol. The van der Waals surface area contributed by atoms with Crippen molar-refractivity contribution in [1.29, 1.82) is 0 Å². The number of primary amides is 1. The highest BCUT2D eigenvalue weighted by Crippen LogP contribution is 2.21. The van der Waals surface area contributed by atoms with E-state index >= 15 is 0 Å². The summed E-state index contributed by atoms with van der Waals surface area (Å²) in [4.78, 5) is 40.1. The van der Waals surface area contributed by atoms with E-state index in [2.05, 4.69) is 15.5 Å². The normalized spacial score (nSPS) is 11.7. The summed E-state index contributed by atoms with van der Waals surface area (Å²) < 4.78 is 5.03. The lowest BCUT2D eigenvalue weighted by molar-refractivity contribution is -0.137. The maximum absolute atomic E-state index is 12.6. The fourth-order valence-corrected chi connectivity index (χ4v) is 3.04. The van der Waals surface area contributed by atoms with Gasteiger partial charge in [0.15, 0.2) is 0 Å². The summed E-state index contributed by atoms with van der Waals surface area (Å²) >= 11 is 1.44. The summed E-state index contributed by atoms with van der Waals surface area (Å²) in [6.45, 7) is 0. The molecule has 3 heterocycles. The van der Waals surface area contributed by atoms with Gasteiger partial charge in [0.1, 0.15) is 6.04 Å². The zero-order valence-corrected chi connectivity index (χ0v) is 14.2. The number of nitrogens with zero attached hydrogens (tertiary/aromatic N) is 2. The summed E-state index contributed by atoms with van der Waals surface area (Å²) in [7, 11) is 0. The molecule has 0 saturated carbocycles. The van der Waals surface area contributed by atoms with E-state index in [0.717, 1.165) is 5.56 Å². The van der Waals surface area contributed by atoms with Crippen LogP contribution >= 0.6 is 11.3 Å². The molecule has 1 atom stereocenters. The van der Waals surface area contributed by atoms with Gasteiger partial charge in [-0.1, -0.05) is 11.2 Å². The molecule has 26 heavy (non-hydrogen) atoms. The Morgan fingerprint density at radius 1 is 1.27 bits per heavy atom. The number of pyridine rings is 1. The second kappa shape index (κ2) is 7.70. The predicted molar refractivity (Wildman–Crippen MR) is 93.2 cm³/mol. The van der Waals surface area contributed by atoms with Crippen LogP contribution in [0, 0.1) is 0 Å². The number of hydrogen-bond acceptors (Lipinski definition) is 7. The van der Waals surface area contributed by atoms with Crippen molar-refractivity contribution in [2.75, 3.05) is 0 Å². The molecule has 8 nitrogen and oxygen atoms in total. The molecule has 0 fully saturated rings. The molecule has 0 bridgehead atoms. The summed E-state index contributed by atoms with van der Waals surface area (Å²) in [5, 5.41) is 9.79. The van der Waals surface area contributed by atoms with Crippen LogP contribution in [0.3, 0.4) is 0 Å². The van der Waals surface area contributed by atoms with Gasteiger partial charge < -0.3 is 15.6 Å². The Bertz CT molecular complexity index is 921. The Morgan fingerprint density at radius 3 is 2.77 bits per heavy atom. The zero-order valence-electron chi connectivity index (χ0n) is 13.4. The second-order valence-electron chi connectivity index (χ2n) is 5.37. The first-order valence-electron chi connectivity index (χ1n) is 7.58. The molecule has 0 aromatic carbocycles. The number of rotatable bonds is 7. The highest BCUT2D eigenvalue weighted by molar-refractivity contribution is 7.07. The Labute approximate surface area is 152 Å². The molecule has 2 amide bonds. The molecular formula is C17H14N4O4S. The summed E-state index contributed by atoms with van der Waals surface area (Å²) in [5.74, 6) is -2.79. The minimum atomic E-state index is -1.12. The van der Waals surface area contributed by atoms with E-state index in [1.54, 1.807) is 30.5 Å². The van der Waals surface area contributed by atoms with Gasteiger partial charge >= 0.3 is 0 Å². The molecule has 1 unspecified atom stereocenters. The maximum atomic E-state index is 12.6. The first-order valence-corrected chi connectivity index (χ1v) is 8.52. The number of thiophene rings is 1. The molecule has 0 aliphatic heterocycles. The van der Waals surface area contributed by atoms with E-state index < -0.39 is 23.6 Å². The second-order valence-corrected chi connectivity index (χ2v) is 6.15. The van der Waals surface area contributed by atoms with Crippen LogP contribution in [0.5, 0.6) is 0 Å². The number of hydrogen-bond donors (Lipinski definition) is 2. The molecule has 0 saturated heterocycles. The largest absolute Gasteiger partial charge is 0.363 e. The van der Waals surface area contributed by atoms with Gasteiger partial charge in [-0.3, -0.25) is 19.4 Å². The Kier molecular flexibility index (Phi) is 5.18. The van der Waals surface area contributed by atoms with E-state index in [1.807, 2.05) is 10.8 Å². The summed E-state index contributed by atoms with van der Waals surface area (Å²) in [6.07, 6.45) is 3.07. The van der Waals surface area contributed by atoms with E-state index in [4.69, 9.17) is 10.3 Å². The Hall–Kier alpha value is -3.33. The third-order valence-corrected chi connectivity index (χ3v) is 4.33. The third kappa shape index (κ3) is 3.83. The smallest absolute Gasteiger partial charge is 0.291 e. The van der Waals surface area contributed by atoms with Crippen molar-refractivity contribution >= 4 is 28.9 Å². The number of Topliss-reactive ketones (excluding diaryl/α,β-unsaturated/α-hetero) is 1. The monoisotopic (exact) mass is 370 g/mol. The van der Waals surface area contributed by atoms with Gasteiger partial charge in [-0.25, -0.2) is 0 Å². The van der Waals surface area contributed by atoms with E-state index in [0.29, 0.717) is 11.3 Å². The van der Waals surface area contributed by atoms with Gasteiger partial charge in [0, 0.05) is 12.6 Å². The Morgan fingerprint density at radius 2 is 2.12 bits per heavy atom. The summed E-state index contributed by atoms with van der Waals surface area (Å²) in [6, 6.07) is 5.88. The van der Waals surface area contributed by atoms with E-state index in [-0.39, 0.29) is 12.2 Å². The first kappa shape index (κ1) is 17.5. The fourth-order valence-electron chi connectivity index (χ4n) is 2.36. The number of carbonyl (C=O) groups excluding carboxylic acids is 3. The third-order valence-electron chi connectivity index (χ3n) is 3.60. The SMILES string of the molecule is NC(=O)C(=O)C(Cc1ccsc1)NC(=O)c1oncc1-c1ccccn1. The highest BCUT2D eigenvalue weighted by Gasteiger charge is 2.28. The number of aromatic nitrogens is 2. The van der Waals surface area contributed by atoms with Gasteiger partial charge in [0.2, 0.25) is 11.5 Å². The molecule has 0 aliphatic carbocycles. The lowest BCUT2D eigenvalue weighted by atomic mass is 10.0. The predicted octanol–water partition coefficient (Wildman–Crippen LogP) is 1.19. The van der Waals surface area contributed by atoms with Gasteiger partial charge in [-0.2, -0.15) is 11.3 Å². The van der Waals surface area contributed by atoms with Gasteiger partial charge in [-0.05, 0) is 34.5 Å². The van der Waals surface area contributed by atoms with Crippen molar-refractivity contribution in [3.63, 3.8) is 0 Å². The molecule has 0 aliphatic rings. The van der Waals surface area contributed by atoms with Crippen molar-refractivity contribution in [1.82, 2.24) is 15.5 Å². The van der Waals surface area contributed by atoms with E-state index in [9.17, 15) is 14.4 Å². The average Bonchev–Trinajstić information content (AvgIpc) is 3.32. The van der Waals surface area contributed by atoms with Crippen LogP contribution in [0.15, 0.2) is 51.9 Å². The van der Waals surface area contributed by atoms with Crippen LogP contribution in [-0.2, 0) is 16.0 Å². The molecular weight excluding hydrogens is 356 g/mol. The van der Waals surface area contributed by atoms with Crippen LogP contribution < -0.4 is 11.1 Å². The summed E-state index contributed by atoms with van der Waals surface area (Å²) in [5.41, 5.74) is 6.77. The molecule has 0 spiro atoms. The first-order chi connectivity index (χ1) is 12.6. The number of carbonyl (C=O) groups is 3. The molecule has 3 aromatic rings. The molecule has 3 aromatic heterocycles. The topological polar surface area (TPSA) is 128 Å². The fraction of sp³-hybridized carbons (Fsp3) is 0.118. The van der Waals surface area contributed by atoms with Gasteiger partial charge in [0.25, 0.3) is 11.8 Å². The van der Waals surface area contributed by atoms with Crippen LogP contribution in [0.4, 0.5) is 0 Å². The number of nitrogens with two attached hydrogens (primary N) is 1. The number of ketones is 1. The van der Waals surface area contributed by atoms with Crippen molar-refractivity contribution in [3.8, 4) is 11.3 Å². The number of nitrogens with one attached hydrogen (secondary N) is 1. The minimum absolute atomic E-state index is 0.101. The van der Waals surface area contributed by atoms with Crippen molar-refractivity contribution in [2.24, 2.45) is 5.73 Å². The van der Waals surface area contributed by atoms with Gasteiger partial charge in [-0.15, -0.1) is 0 Å². The number of amides is 2. The maximum Gasteiger partial charge on any atom is 0.291 e. The lowest BCUT2D eigenvalue weighted by Gasteiger charge is -2.15.